The predicted octanol–water partition coefficient (Wildman–Crippen LogP) is 2.79. The van der Waals surface area contributed by atoms with Crippen molar-refractivity contribution in [3.63, 3.8) is 0 Å². The van der Waals surface area contributed by atoms with Crippen LogP contribution in [0.3, 0.4) is 0 Å². The molecule has 1 atom stereocenters. The van der Waals surface area contributed by atoms with Gasteiger partial charge in [0.1, 0.15) is 5.01 Å². The van der Waals surface area contributed by atoms with Crippen molar-refractivity contribution >= 4 is 36.2 Å². The zero-order valence-corrected chi connectivity index (χ0v) is 12.9. The summed E-state index contributed by atoms with van der Waals surface area (Å²) in [6, 6.07) is 7.13. The molecular weight excluding hydrogens is 279 g/mol. The van der Waals surface area contributed by atoms with Gasteiger partial charge in [0.2, 0.25) is 0 Å². The van der Waals surface area contributed by atoms with Crippen molar-refractivity contribution in [3.8, 4) is 11.3 Å². The molecule has 0 amide bonds. The number of rotatable bonds is 4. The number of aryl methyl sites for hydroxylation is 1. The van der Waals surface area contributed by atoms with Gasteiger partial charge < -0.3 is 10.0 Å². The van der Waals surface area contributed by atoms with Gasteiger partial charge in [-0.1, -0.05) is 12.1 Å². The van der Waals surface area contributed by atoms with Crippen LogP contribution in [0.2, 0.25) is 0 Å². The monoisotopic (exact) mass is 298 g/mol. The van der Waals surface area contributed by atoms with Crippen LogP contribution < -0.4 is 0 Å². The third-order valence-corrected chi connectivity index (χ3v) is 4.49. The van der Waals surface area contributed by atoms with Gasteiger partial charge in [-0.05, 0) is 40.1 Å². The molecule has 0 unspecified atom stereocenters. The molecule has 0 bridgehead atoms. The average molecular weight is 298 g/mol. The van der Waals surface area contributed by atoms with Crippen LogP contribution in [0.1, 0.15) is 33.2 Å². The van der Waals surface area contributed by atoms with E-state index >= 15 is 0 Å². The van der Waals surface area contributed by atoms with Gasteiger partial charge >= 0.3 is 24.8 Å². The van der Waals surface area contributed by atoms with Crippen molar-refractivity contribution in [1.82, 2.24) is 9.88 Å². The van der Waals surface area contributed by atoms with E-state index in [-0.39, 0.29) is 24.9 Å². The fourth-order valence-electron chi connectivity index (χ4n) is 1.85. The second kappa shape index (κ2) is 7.23. The van der Waals surface area contributed by atoms with E-state index in [1.165, 1.54) is 0 Å². The standard InChI is InChI=1S/C15H18N2O2S.Li.H/c1-9(17(3)4)14-16-13(10(2)20-14)11-5-7-12(8-6-11)15(18)19;;/h5-9H,1-4H3,(H,18,19);;/t9-;;/m0../s1. The summed E-state index contributed by atoms with van der Waals surface area (Å²) in [4.78, 5) is 18.8. The number of hydrogen-bond acceptors (Lipinski definition) is 4. The van der Waals surface area contributed by atoms with Gasteiger partial charge in [-0.2, -0.15) is 0 Å². The van der Waals surface area contributed by atoms with Gasteiger partial charge in [-0.15, -0.1) is 11.3 Å². The Kier molecular flexibility index (Phi) is 6.18. The van der Waals surface area contributed by atoms with E-state index in [2.05, 4.69) is 11.8 Å². The maximum absolute atomic E-state index is 10.9. The predicted molar refractivity (Wildman–Crippen MR) is 88.5 cm³/mol. The summed E-state index contributed by atoms with van der Waals surface area (Å²) in [6.45, 7) is 4.17. The second-order valence-corrected chi connectivity index (χ2v) is 6.21. The average Bonchev–Trinajstić information content (AvgIpc) is 2.79. The Morgan fingerprint density at radius 3 is 2.33 bits per heavy atom. The molecule has 0 aliphatic heterocycles. The van der Waals surface area contributed by atoms with Crippen LogP contribution in [-0.4, -0.2) is 53.9 Å². The molecule has 1 N–H and O–H groups in total. The number of thiazole rings is 1. The van der Waals surface area contributed by atoms with Crippen molar-refractivity contribution in [2.45, 2.75) is 19.9 Å². The van der Waals surface area contributed by atoms with Crippen LogP contribution in [-0.2, 0) is 0 Å². The van der Waals surface area contributed by atoms with Gasteiger partial charge in [-0.25, -0.2) is 9.78 Å². The summed E-state index contributed by atoms with van der Waals surface area (Å²) in [7, 11) is 4.06. The summed E-state index contributed by atoms with van der Waals surface area (Å²) in [6.07, 6.45) is 0. The molecule has 0 aliphatic carbocycles. The SMILES string of the molecule is Cc1sc([C@H](C)N(C)C)nc1-c1ccc(C(=O)O)cc1.[LiH]. The number of benzene rings is 1. The maximum atomic E-state index is 10.9. The van der Waals surface area contributed by atoms with E-state index < -0.39 is 5.97 Å². The third-order valence-electron chi connectivity index (χ3n) is 3.35. The fourth-order valence-corrected chi connectivity index (χ4v) is 2.95. The first kappa shape index (κ1) is 17.9. The first-order valence-electron chi connectivity index (χ1n) is 6.37. The summed E-state index contributed by atoms with van der Waals surface area (Å²) in [5.41, 5.74) is 2.19. The molecule has 0 fully saturated rings. The number of aromatic carboxylic acids is 1. The summed E-state index contributed by atoms with van der Waals surface area (Å²) in [5.74, 6) is -0.909. The Bertz CT molecular complexity index is 623. The first-order valence-corrected chi connectivity index (χ1v) is 7.19. The Morgan fingerprint density at radius 2 is 1.86 bits per heavy atom. The zero-order chi connectivity index (χ0) is 14.9. The fraction of sp³-hybridized carbons (Fsp3) is 0.333. The van der Waals surface area contributed by atoms with Crippen molar-refractivity contribution in [3.05, 3.63) is 39.7 Å². The van der Waals surface area contributed by atoms with Crippen molar-refractivity contribution in [2.24, 2.45) is 0 Å². The molecule has 4 nitrogen and oxygen atoms in total. The summed E-state index contributed by atoms with van der Waals surface area (Å²) >= 11 is 1.69. The molecular formula is C15H19LiN2O2S. The van der Waals surface area contributed by atoms with E-state index in [4.69, 9.17) is 10.1 Å². The van der Waals surface area contributed by atoms with Crippen LogP contribution in [0.15, 0.2) is 24.3 Å². The molecule has 1 heterocycles. The normalized spacial score (nSPS) is 12.0. The molecule has 0 saturated carbocycles. The molecule has 21 heavy (non-hydrogen) atoms. The minimum absolute atomic E-state index is 0. The molecule has 6 heteroatoms. The Morgan fingerprint density at radius 1 is 1.29 bits per heavy atom. The van der Waals surface area contributed by atoms with Gasteiger partial charge in [0.15, 0.2) is 0 Å². The van der Waals surface area contributed by atoms with Gasteiger partial charge in [0.25, 0.3) is 0 Å². The van der Waals surface area contributed by atoms with Crippen LogP contribution in [0.4, 0.5) is 0 Å². The minimum atomic E-state index is -0.909. The topological polar surface area (TPSA) is 53.4 Å². The van der Waals surface area contributed by atoms with Gasteiger partial charge in [0, 0.05) is 10.4 Å². The number of carboxylic acid groups (broad SMARTS) is 1. The third kappa shape index (κ3) is 3.95. The summed E-state index contributed by atoms with van der Waals surface area (Å²) in [5, 5.41) is 9.99. The zero-order valence-electron chi connectivity index (χ0n) is 12.0. The molecule has 1 aromatic heterocycles. The number of aromatic nitrogens is 1. The van der Waals surface area contributed by atoms with Crippen molar-refractivity contribution in [2.75, 3.05) is 14.1 Å². The van der Waals surface area contributed by atoms with Crippen LogP contribution in [0.25, 0.3) is 11.3 Å². The van der Waals surface area contributed by atoms with Gasteiger partial charge in [0.05, 0.1) is 17.3 Å². The number of hydrogen-bond donors (Lipinski definition) is 1. The van der Waals surface area contributed by atoms with Crippen LogP contribution in [0.5, 0.6) is 0 Å². The quantitative estimate of drug-likeness (QED) is 0.882. The van der Waals surface area contributed by atoms with E-state index in [0.29, 0.717) is 5.56 Å². The molecule has 1 aromatic carbocycles. The summed E-state index contributed by atoms with van der Waals surface area (Å²) < 4.78 is 0. The van der Waals surface area contributed by atoms with E-state index in [1.807, 2.05) is 33.2 Å². The molecule has 108 valence electrons. The van der Waals surface area contributed by atoms with Crippen LogP contribution in [0, 0.1) is 6.92 Å². The Balaban J connectivity index is 0.00000220. The molecule has 0 radical (unpaired) electrons. The molecule has 0 aliphatic rings. The first-order chi connectivity index (χ1) is 9.40. The number of carbonyl (C=O) groups is 1. The van der Waals surface area contributed by atoms with E-state index in [9.17, 15) is 4.79 Å². The molecule has 2 rings (SSSR count). The molecule has 2 aromatic rings. The Labute approximate surface area is 141 Å². The Hall–Kier alpha value is -1.12. The second-order valence-electron chi connectivity index (χ2n) is 4.98. The number of carboxylic acids is 1. The van der Waals surface area contributed by atoms with Gasteiger partial charge in [-0.3, -0.25) is 0 Å². The van der Waals surface area contributed by atoms with E-state index in [1.54, 1.807) is 23.5 Å². The van der Waals surface area contributed by atoms with Crippen molar-refractivity contribution < 1.29 is 9.90 Å². The van der Waals surface area contributed by atoms with Crippen molar-refractivity contribution in [1.29, 1.82) is 0 Å². The molecule has 0 saturated heterocycles. The van der Waals surface area contributed by atoms with E-state index in [0.717, 1.165) is 21.1 Å². The molecule has 0 spiro atoms. The number of nitrogens with zero attached hydrogens (tertiary/aromatic N) is 2. The van der Waals surface area contributed by atoms with Crippen LogP contribution >= 0.6 is 11.3 Å².